The first kappa shape index (κ1) is 57.8. The Hall–Kier alpha value is -8.89. The molecule has 0 bridgehead atoms. The molecule has 0 fully saturated rings. The Balaban J connectivity index is 1.19. The van der Waals surface area contributed by atoms with E-state index in [4.69, 9.17) is 14.5 Å². The zero-order valence-electron chi connectivity index (χ0n) is 45.4. The fraction of sp³-hybridized carbons (Fsp3) is 0.286. The fourth-order valence-corrected chi connectivity index (χ4v) is 9.45. The average Bonchev–Trinajstić information content (AvgIpc) is 4.04. The molecule has 0 radical (unpaired) electrons. The van der Waals surface area contributed by atoms with Crippen molar-refractivity contribution in [3.05, 3.63) is 234 Å². The second-order valence-electron chi connectivity index (χ2n) is 21.1. The molecular formula is C63H69N7O9. The predicted molar refractivity (Wildman–Crippen MR) is 300 cm³/mol. The summed E-state index contributed by atoms with van der Waals surface area (Å²) in [4.78, 5) is 87.9. The minimum Gasteiger partial charge on any atom is -0.480 e. The highest BCUT2D eigenvalue weighted by atomic mass is 16.6. The molecule has 1 aromatic heterocycles. The van der Waals surface area contributed by atoms with Crippen molar-refractivity contribution in [3.8, 4) is 0 Å². The predicted octanol–water partition coefficient (Wildman–Crippen LogP) is 8.03. The number of carbonyl (C=O) groups excluding carboxylic acids is 5. The molecule has 5 amide bonds. The first-order valence-electron chi connectivity index (χ1n) is 26.2. The zero-order chi connectivity index (χ0) is 56.6. The number of nitrogens with zero attached hydrogens (tertiary/aromatic N) is 2. The molecule has 16 nitrogen and oxygen atoms in total. The number of amides is 5. The molecule has 0 unspecified atom stereocenters. The van der Waals surface area contributed by atoms with Gasteiger partial charge >= 0.3 is 12.1 Å². The second-order valence-corrected chi connectivity index (χ2v) is 21.1. The molecule has 0 aliphatic carbocycles. The van der Waals surface area contributed by atoms with Crippen LogP contribution in [0.25, 0.3) is 0 Å². The highest BCUT2D eigenvalue weighted by molar-refractivity contribution is 5.95. The summed E-state index contributed by atoms with van der Waals surface area (Å²) in [5.74, 6) is -4.42. The second kappa shape index (κ2) is 26.0. The van der Waals surface area contributed by atoms with Crippen molar-refractivity contribution in [1.82, 2.24) is 36.1 Å². The summed E-state index contributed by atoms with van der Waals surface area (Å²) in [5, 5.41) is 23.2. The number of carbonyl (C=O) groups is 6. The monoisotopic (exact) mass is 1070 g/mol. The maximum atomic E-state index is 14.8. The first-order chi connectivity index (χ1) is 37.8. The van der Waals surface area contributed by atoms with Crippen molar-refractivity contribution in [1.29, 1.82) is 0 Å². The first-order valence-corrected chi connectivity index (χ1v) is 26.2. The lowest BCUT2D eigenvalue weighted by atomic mass is 9.77. The van der Waals surface area contributed by atoms with E-state index in [2.05, 4.69) is 26.6 Å². The summed E-state index contributed by atoms with van der Waals surface area (Å²) < 4.78 is 13.7. The van der Waals surface area contributed by atoms with Gasteiger partial charge in [0.05, 0.1) is 24.2 Å². The van der Waals surface area contributed by atoms with Gasteiger partial charge in [-0.2, -0.15) is 0 Å². The highest BCUT2D eigenvalue weighted by Crippen LogP contribution is 2.41. The van der Waals surface area contributed by atoms with Crippen molar-refractivity contribution < 1.29 is 43.3 Å². The third kappa shape index (κ3) is 15.0. The van der Waals surface area contributed by atoms with E-state index in [1.807, 2.05) is 193 Å². The summed E-state index contributed by atoms with van der Waals surface area (Å²) in [6.45, 7) is 9.15. The van der Waals surface area contributed by atoms with Crippen molar-refractivity contribution >= 4 is 35.7 Å². The van der Waals surface area contributed by atoms with Crippen LogP contribution in [0.2, 0.25) is 0 Å². The minimum atomic E-state index is -1.50. The molecule has 3 atom stereocenters. The molecule has 0 aliphatic heterocycles. The van der Waals surface area contributed by atoms with E-state index in [1.165, 1.54) is 0 Å². The van der Waals surface area contributed by atoms with Crippen molar-refractivity contribution in [2.75, 3.05) is 13.2 Å². The molecule has 410 valence electrons. The lowest BCUT2D eigenvalue weighted by Crippen LogP contribution is -2.59. The normalized spacial score (nSPS) is 12.9. The Kier molecular flexibility index (Phi) is 19.0. The standard InChI is InChI=1S/C63H69N7O9/c1-60(2,3)78-42-53(58(76)66-51(56(74)64-40-55(72)73)37-38-54(71)69-62(44-25-13-7-14-26-44,45-27-15-8-16-28-45)46-29-17-9-18-30-46)67-57(75)52(68-59(77)79-61(4,5)6)39-50-41-70(43-65-50)63(47-31-19-10-20-32-47,48-33-21-11-22-34-48)49-35-23-12-24-36-49/h7-36,41,43,51-53H,37-40,42H2,1-6H3,(H,64,74)(H,66,76)(H,67,75)(H,68,77)(H,69,71)(H,72,73)/t51-,52-,53-/m0/s1. The molecule has 0 saturated heterocycles. The number of hydrogen-bond acceptors (Lipinski definition) is 9. The summed E-state index contributed by atoms with van der Waals surface area (Å²) in [7, 11) is 0. The van der Waals surface area contributed by atoms with Crippen LogP contribution < -0.4 is 26.6 Å². The van der Waals surface area contributed by atoms with Crippen molar-refractivity contribution in [2.24, 2.45) is 0 Å². The number of ether oxygens (including phenoxy) is 2. The largest absolute Gasteiger partial charge is 0.480 e. The lowest BCUT2D eigenvalue weighted by Gasteiger charge is -2.37. The van der Waals surface area contributed by atoms with E-state index in [0.29, 0.717) is 5.69 Å². The maximum absolute atomic E-state index is 14.8. The Labute approximate surface area is 461 Å². The number of aromatic nitrogens is 2. The van der Waals surface area contributed by atoms with Crippen LogP contribution >= 0.6 is 0 Å². The number of alkyl carbamates (subject to hydrolysis) is 1. The van der Waals surface area contributed by atoms with Crippen LogP contribution in [0, 0.1) is 0 Å². The SMILES string of the molecule is CC(C)(C)OC[C@H](NC(=O)[C@H](Cc1cn(C(c2ccccc2)(c2ccccc2)c2ccccc2)cn1)NC(=O)OC(C)(C)C)C(=O)N[C@@H](CCC(=O)NC(c1ccccc1)(c1ccccc1)c1ccccc1)C(=O)NCC(=O)O. The number of benzene rings is 6. The van der Waals surface area contributed by atoms with E-state index in [9.17, 15) is 33.9 Å². The molecule has 0 aliphatic rings. The number of aliphatic carboxylic acids is 1. The van der Waals surface area contributed by atoms with Gasteiger partial charge in [-0.25, -0.2) is 9.78 Å². The number of imidazole rings is 1. The molecule has 16 heteroatoms. The van der Waals surface area contributed by atoms with Gasteiger partial charge in [-0.1, -0.05) is 182 Å². The van der Waals surface area contributed by atoms with Gasteiger partial charge in [0.25, 0.3) is 0 Å². The number of hydrogen-bond donors (Lipinski definition) is 6. The quantitative estimate of drug-likeness (QED) is 0.0339. The molecule has 0 saturated carbocycles. The Bertz CT molecular complexity index is 2940. The molecule has 6 aromatic carbocycles. The summed E-state index contributed by atoms with van der Waals surface area (Å²) in [5.41, 5.74) is 1.56. The van der Waals surface area contributed by atoms with Gasteiger partial charge in [0.15, 0.2) is 0 Å². The smallest absolute Gasteiger partial charge is 0.408 e. The number of carboxylic acid groups (broad SMARTS) is 1. The molecular weight excluding hydrogens is 999 g/mol. The van der Waals surface area contributed by atoms with Gasteiger partial charge in [0, 0.05) is 19.0 Å². The molecule has 79 heavy (non-hydrogen) atoms. The zero-order valence-corrected chi connectivity index (χ0v) is 45.4. The molecule has 7 rings (SSSR count). The lowest BCUT2D eigenvalue weighted by molar-refractivity contribution is -0.139. The summed E-state index contributed by atoms with van der Waals surface area (Å²) in [6.07, 6.45) is 1.81. The minimum absolute atomic E-state index is 0.174. The average molecular weight is 1070 g/mol. The highest BCUT2D eigenvalue weighted by Gasteiger charge is 2.41. The van der Waals surface area contributed by atoms with Gasteiger partial charge in [-0.15, -0.1) is 0 Å². The van der Waals surface area contributed by atoms with Crippen LogP contribution in [-0.2, 0) is 50.9 Å². The third-order valence-electron chi connectivity index (χ3n) is 13.0. The van der Waals surface area contributed by atoms with Crippen molar-refractivity contribution in [3.63, 3.8) is 0 Å². The van der Waals surface area contributed by atoms with Gasteiger partial charge in [-0.05, 0) is 81.3 Å². The van der Waals surface area contributed by atoms with Crippen LogP contribution in [0.5, 0.6) is 0 Å². The number of nitrogens with one attached hydrogen (secondary N) is 5. The summed E-state index contributed by atoms with van der Waals surface area (Å²) in [6, 6.07) is 53.8. The number of rotatable bonds is 23. The fourth-order valence-electron chi connectivity index (χ4n) is 9.45. The van der Waals surface area contributed by atoms with Crippen LogP contribution in [0.4, 0.5) is 4.79 Å². The van der Waals surface area contributed by atoms with Gasteiger partial charge in [-0.3, -0.25) is 24.0 Å². The van der Waals surface area contributed by atoms with Gasteiger partial charge in [0.2, 0.25) is 23.6 Å². The Morgan fingerprint density at radius 3 is 1.37 bits per heavy atom. The van der Waals surface area contributed by atoms with Gasteiger partial charge < -0.3 is 45.7 Å². The van der Waals surface area contributed by atoms with Crippen LogP contribution in [0.3, 0.4) is 0 Å². The van der Waals surface area contributed by atoms with E-state index < -0.39 is 89.2 Å². The Morgan fingerprint density at radius 2 is 0.949 bits per heavy atom. The van der Waals surface area contributed by atoms with E-state index in [1.54, 1.807) is 47.9 Å². The maximum Gasteiger partial charge on any atom is 0.408 e. The van der Waals surface area contributed by atoms with Crippen molar-refractivity contribution in [2.45, 2.75) is 101 Å². The Morgan fingerprint density at radius 1 is 0.532 bits per heavy atom. The van der Waals surface area contributed by atoms with E-state index >= 15 is 0 Å². The van der Waals surface area contributed by atoms with Crippen LogP contribution in [-0.4, -0.2) is 92.8 Å². The topological polar surface area (TPSA) is 219 Å². The molecule has 0 spiro atoms. The van der Waals surface area contributed by atoms with Crippen LogP contribution in [0.15, 0.2) is 195 Å². The molecule has 7 aromatic rings. The van der Waals surface area contributed by atoms with E-state index in [-0.39, 0.29) is 19.3 Å². The molecule has 1 heterocycles. The number of carboxylic acids is 1. The summed E-state index contributed by atoms with van der Waals surface area (Å²) >= 11 is 0. The van der Waals surface area contributed by atoms with Crippen LogP contribution in [0.1, 0.15) is 93.5 Å². The third-order valence-corrected chi connectivity index (χ3v) is 13.0. The molecule has 6 N–H and O–H groups in total. The van der Waals surface area contributed by atoms with Gasteiger partial charge in [0.1, 0.15) is 41.3 Å². The van der Waals surface area contributed by atoms with E-state index in [0.717, 1.165) is 33.4 Å².